The molecule has 6 nitrogen and oxygen atoms in total. The Morgan fingerprint density at radius 2 is 1.56 bits per heavy atom. The van der Waals surface area contributed by atoms with Crippen LogP contribution in [0.25, 0.3) is 0 Å². The van der Waals surface area contributed by atoms with Crippen molar-refractivity contribution in [1.29, 1.82) is 0 Å². The molecule has 0 aromatic heterocycles. The molecular weight excluding hydrogens is 370 g/mol. The summed E-state index contributed by atoms with van der Waals surface area (Å²) in [7, 11) is 0. The molecule has 144 valence electrons. The summed E-state index contributed by atoms with van der Waals surface area (Å²) < 4.78 is 15.6. The Labute approximate surface area is 163 Å². The first-order chi connectivity index (χ1) is 13.0. The van der Waals surface area contributed by atoms with Crippen molar-refractivity contribution in [1.82, 2.24) is 5.32 Å². The number of benzene rings is 2. The van der Waals surface area contributed by atoms with Gasteiger partial charge < -0.3 is 19.5 Å². The molecule has 0 bridgehead atoms. The summed E-state index contributed by atoms with van der Waals surface area (Å²) in [5.41, 5.74) is 0.901. The van der Waals surface area contributed by atoms with Gasteiger partial charge in [0.2, 0.25) is 0 Å². The van der Waals surface area contributed by atoms with E-state index in [-0.39, 0.29) is 19.3 Å². The number of hydrogen-bond donors (Lipinski definition) is 1. The minimum absolute atomic E-state index is 0.228. The molecule has 7 heteroatoms. The van der Waals surface area contributed by atoms with Gasteiger partial charge in [-0.1, -0.05) is 23.7 Å². The topological polar surface area (TPSA) is 73.9 Å². The van der Waals surface area contributed by atoms with Crippen LogP contribution in [0.5, 0.6) is 11.5 Å². The maximum Gasteiger partial charge on any atom is 0.344 e. The second-order valence-electron chi connectivity index (χ2n) is 5.69. The molecule has 27 heavy (non-hydrogen) atoms. The van der Waals surface area contributed by atoms with E-state index < -0.39 is 11.9 Å². The van der Waals surface area contributed by atoms with E-state index >= 15 is 0 Å². The Hall–Kier alpha value is -2.73. The van der Waals surface area contributed by atoms with Gasteiger partial charge in [-0.3, -0.25) is 4.79 Å². The molecule has 0 spiro atoms. The highest BCUT2D eigenvalue weighted by Crippen LogP contribution is 2.17. The molecule has 0 saturated heterocycles. The van der Waals surface area contributed by atoms with Gasteiger partial charge in [0.25, 0.3) is 5.91 Å². The molecule has 1 N–H and O–H groups in total. The molecule has 0 radical (unpaired) electrons. The lowest BCUT2D eigenvalue weighted by Crippen LogP contribution is -2.31. The van der Waals surface area contributed by atoms with Crippen molar-refractivity contribution < 1.29 is 23.8 Å². The van der Waals surface area contributed by atoms with Crippen LogP contribution in [-0.2, 0) is 14.3 Å². The third kappa shape index (κ3) is 7.19. The lowest BCUT2D eigenvalue weighted by molar-refractivity contribution is -0.150. The van der Waals surface area contributed by atoms with Crippen molar-refractivity contribution >= 4 is 23.5 Å². The van der Waals surface area contributed by atoms with Crippen LogP contribution in [0.2, 0.25) is 5.02 Å². The van der Waals surface area contributed by atoms with Crippen LogP contribution in [0.1, 0.15) is 25.5 Å². The molecule has 0 aliphatic carbocycles. The maximum atomic E-state index is 11.9. The predicted octanol–water partition coefficient (Wildman–Crippen LogP) is 3.54. The normalized spacial score (nSPS) is 11.4. The van der Waals surface area contributed by atoms with Gasteiger partial charge in [-0.15, -0.1) is 0 Å². The van der Waals surface area contributed by atoms with E-state index in [0.717, 1.165) is 11.3 Å². The summed E-state index contributed by atoms with van der Waals surface area (Å²) in [6.07, 6.45) is 0. The molecule has 0 saturated carbocycles. The van der Waals surface area contributed by atoms with Crippen LogP contribution < -0.4 is 14.8 Å². The second kappa shape index (κ2) is 10.4. The largest absolute Gasteiger partial charge is 0.494 e. The zero-order chi connectivity index (χ0) is 19.6. The summed E-state index contributed by atoms with van der Waals surface area (Å²) in [4.78, 5) is 23.6. The minimum atomic E-state index is -0.627. The molecule has 1 amide bonds. The van der Waals surface area contributed by atoms with Gasteiger partial charge in [0, 0.05) is 5.02 Å². The molecule has 0 heterocycles. The number of carbonyl (C=O) groups is 2. The van der Waals surface area contributed by atoms with Crippen LogP contribution in [0.3, 0.4) is 0 Å². The average Bonchev–Trinajstić information content (AvgIpc) is 2.66. The highest BCUT2D eigenvalue weighted by molar-refractivity contribution is 6.30. The van der Waals surface area contributed by atoms with Gasteiger partial charge in [-0.05, 0) is 55.8 Å². The van der Waals surface area contributed by atoms with Gasteiger partial charge in [-0.2, -0.15) is 0 Å². The number of ether oxygens (including phenoxy) is 3. The van der Waals surface area contributed by atoms with Gasteiger partial charge in [0.1, 0.15) is 11.5 Å². The Morgan fingerprint density at radius 3 is 2.15 bits per heavy atom. The van der Waals surface area contributed by atoms with Crippen molar-refractivity contribution in [2.24, 2.45) is 0 Å². The number of carbonyl (C=O) groups excluding carboxylic acids is 2. The van der Waals surface area contributed by atoms with Gasteiger partial charge in [0.15, 0.2) is 13.2 Å². The summed E-state index contributed by atoms with van der Waals surface area (Å²) in [6, 6.07) is 13.8. The summed E-state index contributed by atoms with van der Waals surface area (Å²) in [5.74, 6) is 0.208. The zero-order valence-electron chi connectivity index (χ0n) is 15.2. The Bertz CT molecular complexity index is 746. The van der Waals surface area contributed by atoms with Crippen molar-refractivity contribution in [3.63, 3.8) is 0 Å². The summed E-state index contributed by atoms with van der Waals surface area (Å²) in [6.45, 7) is 3.65. The molecule has 2 rings (SSSR count). The lowest BCUT2D eigenvalue weighted by Gasteiger charge is -2.14. The van der Waals surface area contributed by atoms with Crippen molar-refractivity contribution in [3.8, 4) is 11.5 Å². The van der Waals surface area contributed by atoms with Crippen LogP contribution >= 0.6 is 11.6 Å². The van der Waals surface area contributed by atoms with Crippen molar-refractivity contribution in [2.75, 3.05) is 19.8 Å². The molecule has 2 aromatic carbocycles. The highest BCUT2D eigenvalue weighted by Gasteiger charge is 2.12. The van der Waals surface area contributed by atoms with E-state index in [1.807, 2.05) is 26.0 Å². The zero-order valence-corrected chi connectivity index (χ0v) is 16.0. The van der Waals surface area contributed by atoms with Gasteiger partial charge >= 0.3 is 5.97 Å². The van der Waals surface area contributed by atoms with E-state index in [4.69, 9.17) is 25.8 Å². The second-order valence-corrected chi connectivity index (χ2v) is 6.13. The summed E-state index contributed by atoms with van der Waals surface area (Å²) in [5, 5.41) is 3.37. The summed E-state index contributed by atoms with van der Waals surface area (Å²) >= 11 is 5.84. The molecule has 0 aliphatic heterocycles. The first-order valence-electron chi connectivity index (χ1n) is 8.54. The molecule has 1 atom stereocenters. The van der Waals surface area contributed by atoms with Crippen LogP contribution in [0.15, 0.2) is 48.5 Å². The fourth-order valence-electron chi connectivity index (χ4n) is 2.25. The fraction of sp³-hybridized carbons (Fsp3) is 0.300. The molecule has 0 unspecified atom stereocenters. The minimum Gasteiger partial charge on any atom is -0.494 e. The van der Waals surface area contributed by atoms with Crippen molar-refractivity contribution in [3.05, 3.63) is 59.1 Å². The maximum absolute atomic E-state index is 11.9. The molecule has 0 fully saturated rings. The van der Waals surface area contributed by atoms with Crippen LogP contribution in [-0.4, -0.2) is 31.7 Å². The van der Waals surface area contributed by atoms with Gasteiger partial charge in [0.05, 0.1) is 12.6 Å². The average molecular weight is 392 g/mol. The number of hydrogen-bond acceptors (Lipinski definition) is 5. The third-order valence-electron chi connectivity index (χ3n) is 3.60. The number of esters is 1. The number of amides is 1. The van der Waals surface area contributed by atoms with E-state index in [9.17, 15) is 9.59 Å². The number of nitrogens with one attached hydrogen (secondary N) is 1. The van der Waals surface area contributed by atoms with Crippen molar-refractivity contribution in [2.45, 2.75) is 19.9 Å². The monoisotopic (exact) mass is 391 g/mol. The Balaban J connectivity index is 1.69. The van der Waals surface area contributed by atoms with E-state index in [1.54, 1.807) is 36.4 Å². The van der Waals surface area contributed by atoms with E-state index in [2.05, 4.69) is 5.32 Å². The van der Waals surface area contributed by atoms with Gasteiger partial charge in [-0.25, -0.2) is 4.79 Å². The fourth-order valence-corrected chi connectivity index (χ4v) is 2.37. The first kappa shape index (κ1) is 20.6. The lowest BCUT2D eigenvalue weighted by atomic mass is 10.1. The van der Waals surface area contributed by atoms with Crippen LogP contribution in [0, 0.1) is 0 Å². The third-order valence-corrected chi connectivity index (χ3v) is 3.86. The molecule has 0 aliphatic rings. The smallest absolute Gasteiger partial charge is 0.344 e. The van der Waals surface area contributed by atoms with E-state index in [1.165, 1.54) is 0 Å². The molecule has 2 aromatic rings. The van der Waals surface area contributed by atoms with Crippen LogP contribution in [0.4, 0.5) is 0 Å². The Kier molecular flexibility index (Phi) is 7.95. The highest BCUT2D eigenvalue weighted by atomic mass is 35.5. The quantitative estimate of drug-likeness (QED) is 0.662. The molecular formula is C20H22ClNO5. The SMILES string of the molecule is CCOc1ccc(OCC(=O)OCC(=O)N[C@@H](C)c2ccc(Cl)cc2)cc1. The Morgan fingerprint density at radius 1 is 0.963 bits per heavy atom. The van der Waals surface area contributed by atoms with E-state index in [0.29, 0.717) is 17.4 Å². The number of halogens is 1. The standard InChI is InChI=1S/C20H22ClNO5/c1-3-25-17-8-10-18(11-9-17)26-13-20(24)27-12-19(23)22-14(2)15-4-6-16(21)7-5-15/h4-11,14H,3,12-13H2,1-2H3,(H,22,23)/t14-/m0/s1. The first-order valence-corrected chi connectivity index (χ1v) is 8.92. The number of rotatable bonds is 9. The predicted molar refractivity (Wildman–Crippen MR) is 102 cm³/mol.